The fourth-order valence-electron chi connectivity index (χ4n) is 2.78. The van der Waals surface area contributed by atoms with E-state index in [9.17, 15) is 13.2 Å². The zero-order chi connectivity index (χ0) is 15.6. The first-order chi connectivity index (χ1) is 10.5. The lowest BCUT2D eigenvalue weighted by molar-refractivity contribution is -0.141. The molecule has 0 spiro atoms. The van der Waals surface area contributed by atoms with Gasteiger partial charge in [-0.2, -0.15) is 13.2 Å². The predicted molar refractivity (Wildman–Crippen MR) is 81.8 cm³/mol. The highest BCUT2D eigenvalue weighted by molar-refractivity contribution is 7.99. The topological polar surface area (TPSA) is 17.8 Å². The number of imidazole rings is 1. The molecule has 1 aromatic heterocycles. The van der Waals surface area contributed by atoms with Crippen molar-refractivity contribution in [2.24, 2.45) is 0 Å². The highest BCUT2D eigenvalue weighted by Crippen LogP contribution is 2.37. The second kappa shape index (κ2) is 6.36. The van der Waals surface area contributed by atoms with Crippen molar-refractivity contribution in [3.8, 4) is 11.3 Å². The number of halogens is 3. The summed E-state index contributed by atoms with van der Waals surface area (Å²) < 4.78 is 40.2. The number of aromatic nitrogens is 2. The van der Waals surface area contributed by atoms with E-state index in [-0.39, 0.29) is 0 Å². The standard InChI is InChI=1S/C16H17F3N2S/c17-16(18,19)11-21-14(12-6-2-1-3-7-12)10-20-15(21)22-13-8-4-5-9-13/h1-3,6-7,10,13H,4-5,8-9,11H2. The Morgan fingerprint density at radius 1 is 1.14 bits per heavy atom. The highest BCUT2D eigenvalue weighted by Gasteiger charge is 2.31. The van der Waals surface area contributed by atoms with Crippen LogP contribution in [0, 0.1) is 0 Å². The molecule has 3 rings (SSSR count). The average molecular weight is 326 g/mol. The van der Waals surface area contributed by atoms with Gasteiger partial charge >= 0.3 is 6.18 Å². The molecule has 1 aliphatic rings. The van der Waals surface area contributed by atoms with Gasteiger partial charge in [0, 0.05) is 5.25 Å². The molecule has 0 radical (unpaired) electrons. The van der Waals surface area contributed by atoms with Gasteiger partial charge in [-0.05, 0) is 18.4 Å². The number of thioether (sulfide) groups is 1. The van der Waals surface area contributed by atoms with Gasteiger partial charge in [0.1, 0.15) is 6.54 Å². The summed E-state index contributed by atoms with van der Waals surface area (Å²) in [7, 11) is 0. The van der Waals surface area contributed by atoms with Crippen molar-refractivity contribution in [3.05, 3.63) is 36.5 Å². The fourth-order valence-corrected chi connectivity index (χ4v) is 4.05. The summed E-state index contributed by atoms with van der Waals surface area (Å²) in [6, 6.07) is 9.12. The zero-order valence-corrected chi connectivity index (χ0v) is 12.8. The highest BCUT2D eigenvalue weighted by atomic mass is 32.2. The van der Waals surface area contributed by atoms with E-state index in [4.69, 9.17) is 0 Å². The molecule has 0 aliphatic heterocycles. The lowest BCUT2D eigenvalue weighted by Crippen LogP contribution is -2.19. The first-order valence-corrected chi connectivity index (χ1v) is 8.25. The molecule has 0 unspecified atom stereocenters. The summed E-state index contributed by atoms with van der Waals surface area (Å²) in [5, 5.41) is 0.862. The normalized spacial score (nSPS) is 16.3. The second-order valence-electron chi connectivity index (χ2n) is 5.52. The Hall–Kier alpha value is -1.43. The predicted octanol–water partition coefficient (Wildman–Crippen LogP) is 5.15. The second-order valence-corrected chi connectivity index (χ2v) is 6.79. The molecule has 22 heavy (non-hydrogen) atoms. The first kappa shape index (κ1) is 15.5. The minimum Gasteiger partial charge on any atom is -0.310 e. The Kier molecular flexibility index (Phi) is 4.47. The van der Waals surface area contributed by atoms with Crippen molar-refractivity contribution in [3.63, 3.8) is 0 Å². The van der Waals surface area contributed by atoms with E-state index in [1.807, 2.05) is 30.3 Å². The van der Waals surface area contributed by atoms with Crippen LogP contribution < -0.4 is 0 Å². The van der Waals surface area contributed by atoms with E-state index in [0.29, 0.717) is 16.1 Å². The quantitative estimate of drug-likeness (QED) is 0.773. The summed E-state index contributed by atoms with van der Waals surface area (Å²) >= 11 is 1.49. The van der Waals surface area contributed by atoms with Crippen LogP contribution in [0.3, 0.4) is 0 Å². The Morgan fingerprint density at radius 2 is 1.82 bits per heavy atom. The van der Waals surface area contributed by atoms with Crippen LogP contribution >= 0.6 is 11.8 Å². The van der Waals surface area contributed by atoms with Crippen molar-refractivity contribution in [2.45, 2.75) is 48.8 Å². The zero-order valence-electron chi connectivity index (χ0n) is 12.0. The van der Waals surface area contributed by atoms with E-state index in [1.165, 1.54) is 16.3 Å². The lowest BCUT2D eigenvalue weighted by Gasteiger charge is -2.15. The molecule has 2 nitrogen and oxygen atoms in total. The summed E-state index contributed by atoms with van der Waals surface area (Å²) in [6.07, 6.45) is 1.73. The largest absolute Gasteiger partial charge is 0.406 e. The van der Waals surface area contributed by atoms with Crippen molar-refractivity contribution < 1.29 is 13.2 Å². The Balaban J connectivity index is 1.93. The molecular formula is C16H17F3N2S. The molecule has 118 valence electrons. The van der Waals surface area contributed by atoms with Crippen LogP contribution in [0.5, 0.6) is 0 Å². The van der Waals surface area contributed by atoms with Crippen molar-refractivity contribution >= 4 is 11.8 Å². The minimum atomic E-state index is -4.25. The Bertz CT molecular complexity index is 616. The summed E-state index contributed by atoms with van der Waals surface area (Å²) in [4.78, 5) is 4.27. The number of alkyl halides is 3. The molecular weight excluding hydrogens is 309 g/mol. The molecule has 1 aliphatic carbocycles. The third-order valence-corrected chi connectivity index (χ3v) is 5.14. The van der Waals surface area contributed by atoms with Crippen LogP contribution in [-0.2, 0) is 6.54 Å². The van der Waals surface area contributed by atoms with Crippen LogP contribution in [0.2, 0.25) is 0 Å². The van der Waals surface area contributed by atoms with Gasteiger partial charge in [-0.3, -0.25) is 0 Å². The van der Waals surface area contributed by atoms with Crippen LogP contribution in [-0.4, -0.2) is 21.0 Å². The average Bonchev–Trinajstić information content (AvgIpc) is 3.10. The van der Waals surface area contributed by atoms with Crippen molar-refractivity contribution in [1.29, 1.82) is 0 Å². The van der Waals surface area contributed by atoms with Gasteiger partial charge in [0.05, 0.1) is 11.9 Å². The monoisotopic (exact) mass is 326 g/mol. The molecule has 0 amide bonds. The molecule has 1 saturated carbocycles. The van der Waals surface area contributed by atoms with Crippen LogP contribution in [0.1, 0.15) is 25.7 Å². The van der Waals surface area contributed by atoms with Gasteiger partial charge < -0.3 is 4.57 Å². The van der Waals surface area contributed by atoms with Gasteiger partial charge in [0.15, 0.2) is 5.16 Å². The molecule has 0 N–H and O–H groups in total. The molecule has 1 aromatic carbocycles. The Morgan fingerprint density at radius 3 is 2.45 bits per heavy atom. The molecule has 0 atom stereocenters. The summed E-state index contributed by atoms with van der Waals surface area (Å²) in [5.41, 5.74) is 1.29. The number of hydrogen-bond acceptors (Lipinski definition) is 2. The summed E-state index contributed by atoms with van der Waals surface area (Å²) in [5.74, 6) is 0. The lowest BCUT2D eigenvalue weighted by atomic mass is 10.2. The molecule has 2 aromatic rings. The van der Waals surface area contributed by atoms with Crippen LogP contribution in [0.15, 0.2) is 41.7 Å². The maximum Gasteiger partial charge on any atom is 0.406 e. The van der Waals surface area contributed by atoms with Gasteiger partial charge in [0.2, 0.25) is 0 Å². The van der Waals surface area contributed by atoms with Gasteiger partial charge in [-0.25, -0.2) is 4.98 Å². The third-order valence-electron chi connectivity index (χ3n) is 3.80. The van der Waals surface area contributed by atoms with E-state index >= 15 is 0 Å². The number of rotatable bonds is 4. The molecule has 0 bridgehead atoms. The molecule has 1 heterocycles. The van der Waals surface area contributed by atoms with Crippen LogP contribution in [0.25, 0.3) is 11.3 Å². The van der Waals surface area contributed by atoms with E-state index < -0.39 is 12.7 Å². The van der Waals surface area contributed by atoms with Gasteiger partial charge in [-0.1, -0.05) is 54.9 Å². The maximum absolute atomic E-state index is 13.0. The smallest absolute Gasteiger partial charge is 0.310 e. The van der Waals surface area contributed by atoms with Crippen molar-refractivity contribution in [2.75, 3.05) is 0 Å². The number of benzene rings is 1. The van der Waals surface area contributed by atoms with Crippen molar-refractivity contribution in [1.82, 2.24) is 9.55 Å². The summed E-state index contributed by atoms with van der Waals surface area (Å²) in [6.45, 7) is -0.994. The molecule has 1 fully saturated rings. The van der Waals surface area contributed by atoms with Crippen LogP contribution in [0.4, 0.5) is 13.2 Å². The van der Waals surface area contributed by atoms with E-state index in [2.05, 4.69) is 4.98 Å². The fraction of sp³-hybridized carbons (Fsp3) is 0.438. The molecule has 6 heteroatoms. The number of nitrogens with zero attached hydrogens (tertiary/aromatic N) is 2. The minimum absolute atomic E-state index is 0.387. The van der Waals surface area contributed by atoms with E-state index in [1.54, 1.807) is 6.20 Å². The first-order valence-electron chi connectivity index (χ1n) is 7.37. The van der Waals surface area contributed by atoms with Gasteiger partial charge in [0.25, 0.3) is 0 Å². The van der Waals surface area contributed by atoms with Gasteiger partial charge in [-0.15, -0.1) is 0 Å². The Labute approximate surface area is 131 Å². The maximum atomic E-state index is 13.0. The number of hydrogen-bond donors (Lipinski definition) is 0. The van der Waals surface area contributed by atoms with E-state index in [0.717, 1.165) is 31.2 Å². The third kappa shape index (κ3) is 3.66. The molecule has 0 saturated heterocycles. The SMILES string of the molecule is FC(F)(F)Cn1c(-c2ccccc2)cnc1SC1CCCC1.